The molecule has 3 atom stereocenters. The second-order valence-corrected chi connectivity index (χ2v) is 6.71. The summed E-state index contributed by atoms with van der Waals surface area (Å²) in [5.74, 6) is 1.32. The molecule has 6 nitrogen and oxygen atoms in total. The van der Waals surface area contributed by atoms with Gasteiger partial charge in [-0.05, 0) is 71.5 Å². The average Bonchev–Trinajstić information content (AvgIpc) is 2.69. The van der Waals surface area contributed by atoms with Gasteiger partial charge < -0.3 is 20.5 Å². The predicted molar refractivity (Wildman–Crippen MR) is 111 cm³/mol. The van der Waals surface area contributed by atoms with Crippen LogP contribution in [0.3, 0.4) is 0 Å². The molecule has 1 rings (SSSR count). The van der Waals surface area contributed by atoms with E-state index in [0.717, 1.165) is 30.9 Å². The van der Waals surface area contributed by atoms with Gasteiger partial charge in [0.05, 0.1) is 19.1 Å². The molecule has 0 heterocycles. The Morgan fingerprint density at radius 3 is 2.19 bits per heavy atom. The number of carbonyl (C=O) groups is 2. The van der Waals surface area contributed by atoms with Crippen molar-refractivity contribution >= 4 is 11.9 Å². The molecule has 0 amide bonds. The van der Waals surface area contributed by atoms with Gasteiger partial charge in [0.2, 0.25) is 0 Å². The van der Waals surface area contributed by atoms with Crippen molar-refractivity contribution in [1.82, 2.24) is 5.32 Å². The third-order valence-electron chi connectivity index (χ3n) is 4.47. The van der Waals surface area contributed by atoms with Crippen molar-refractivity contribution in [2.45, 2.75) is 59.8 Å². The third kappa shape index (κ3) is 16.5. The van der Waals surface area contributed by atoms with Crippen LogP contribution in [0.4, 0.5) is 0 Å². The van der Waals surface area contributed by atoms with E-state index in [0.29, 0.717) is 13.2 Å². The zero-order valence-corrected chi connectivity index (χ0v) is 18.1. The van der Waals surface area contributed by atoms with E-state index in [1.165, 1.54) is 32.2 Å². The maximum Gasteiger partial charge on any atom is 0.330 e. The summed E-state index contributed by atoms with van der Waals surface area (Å²) in [7, 11) is 2.03. The maximum absolute atomic E-state index is 10.8. The first-order chi connectivity index (χ1) is 12.9. The van der Waals surface area contributed by atoms with Gasteiger partial charge in [0, 0.05) is 6.08 Å². The summed E-state index contributed by atoms with van der Waals surface area (Å²) < 4.78 is 9.19. The highest BCUT2D eigenvalue weighted by molar-refractivity contribution is 5.81. The Bertz CT molecular complexity index is 386. The molecule has 6 heteroatoms. The fourth-order valence-corrected chi connectivity index (χ4v) is 2.74. The van der Waals surface area contributed by atoms with Crippen LogP contribution in [0.2, 0.25) is 0 Å². The highest BCUT2D eigenvalue weighted by atomic mass is 16.5. The predicted octanol–water partition coefficient (Wildman–Crippen LogP) is 3.30. The molecule has 0 aromatic carbocycles. The Balaban J connectivity index is 0. The molecule has 3 unspecified atom stereocenters. The SMILES string of the molecule is C=CC(=O)OCC.CCOC(=O)C(C)CC.CNCC1CCCC(CN)C1. The van der Waals surface area contributed by atoms with E-state index in [1.807, 2.05) is 27.8 Å². The van der Waals surface area contributed by atoms with Crippen LogP contribution in [0.1, 0.15) is 59.8 Å². The van der Waals surface area contributed by atoms with Gasteiger partial charge in [-0.15, -0.1) is 0 Å². The molecule has 1 aliphatic carbocycles. The zero-order valence-electron chi connectivity index (χ0n) is 18.1. The van der Waals surface area contributed by atoms with Gasteiger partial charge in [-0.3, -0.25) is 4.79 Å². The Morgan fingerprint density at radius 1 is 1.19 bits per heavy atom. The van der Waals surface area contributed by atoms with E-state index < -0.39 is 0 Å². The number of nitrogens with one attached hydrogen (secondary N) is 1. The second-order valence-electron chi connectivity index (χ2n) is 6.71. The summed E-state index contributed by atoms with van der Waals surface area (Å²) in [5, 5.41) is 3.24. The van der Waals surface area contributed by atoms with Crippen LogP contribution in [0.5, 0.6) is 0 Å². The Kier molecular flexibility index (Phi) is 19.9. The Labute approximate surface area is 166 Å². The van der Waals surface area contributed by atoms with Crippen LogP contribution >= 0.6 is 0 Å². The standard InChI is InChI=1S/C9H20N2.C7H14O2.C5H8O2/c1-11-7-9-4-2-3-8(5-9)6-10;1-4-6(3)7(8)9-5-2;1-3-5(6)7-4-2/h8-9,11H,2-7,10H2,1H3;6H,4-5H2,1-3H3;3H,1,4H2,2H3. The van der Waals surface area contributed by atoms with Crippen LogP contribution in [0.15, 0.2) is 12.7 Å². The quantitative estimate of drug-likeness (QED) is 0.491. The summed E-state index contributed by atoms with van der Waals surface area (Å²) in [6.07, 6.45) is 7.49. The summed E-state index contributed by atoms with van der Waals surface area (Å²) >= 11 is 0. The Hall–Kier alpha value is -1.40. The fourth-order valence-electron chi connectivity index (χ4n) is 2.74. The van der Waals surface area contributed by atoms with Crippen molar-refractivity contribution in [2.24, 2.45) is 23.5 Å². The van der Waals surface area contributed by atoms with Crippen LogP contribution in [0.25, 0.3) is 0 Å². The normalized spacial score (nSPS) is 19.3. The molecule has 0 aromatic rings. The molecule has 0 spiro atoms. The van der Waals surface area contributed by atoms with Crippen molar-refractivity contribution in [1.29, 1.82) is 0 Å². The number of esters is 2. The molecule has 0 bridgehead atoms. The van der Waals surface area contributed by atoms with Crippen LogP contribution in [-0.4, -0.2) is 45.3 Å². The number of hydrogen-bond acceptors (Lipinski definition) is 6. The summed E-state index contributed by atoms with van der Waals surface area (Å²) in [5.41, 5.74) is 5.64. The van der Waals surface area contributed by atoms with Gasteiger partial charge in [-0.1, -0.05) is 26.8 Å². The van der Waals surface area contributed by atoms with Crippen molar-refractivity contribution < 1.29 is 19.1 Å². The summed E-state index contributed by atoms with van der Waals surface area (Å²) in [6, 6.07) is 0. The van der Waals surface area contributed by atoms with Gasteiger partial charge >= 0.3 is 11.9 Å². The molecule has 0 radical (unpaired) electrons. The lowest BCUT2D eigenvalue weighted by molar-refractivity contribution is -0.147. The average molecular weight is 387 g/mol. The zero-order chi connectivity index (χ0) is 21.1. The van der Waals surface area contributed by atoms with E-state index in [9.17, 15) is 9.59 Å². The molecule has 0 saturated heterocycles. The highest BCUT2D eigenvalue weighted by Gasteiger charge is 2.19. The molecule has 1 aliphatic rings. The first-order valence-corrected chi connectivity index (χ1v) is 10.2. The van der Waals surface area contributed by atoms with E-state index >= 15 is 0 Å². The van der Waals surface area contributed by atoms with E-state index in [4.69, 9.17) is 10.5 Å². The van der Waals surface area contributed by atoms with Crippen LogP contribution in [0, 0.1) is 17.8 Å². The first-order valence-electron chi connectivity index (χ1n) is 10.2. The molecule has 27 heavy (non-hydrogen) atoms. The first kappa shape index (κ1) is 27.8. The Morgan fingerprint density at radius 2 is 1.78 bits per heavy atom. The van der Waals surface area contributed by atoms with Crippen molar-refractivity contribution in [3.8, 4) is 0 Å². The van der Waals surface area contributed by atoms with E-state index in [1.54, 1.807) is 6.92 Å². The van der Waals surface area contributed by atoms with Gasteiger partial charge in [0.25, 0.3) is 0 Å². The fraction of sp³-hybridized carbons (Fsp3) is 0.810. The summed E-state index contributed by atoms with van der Waals surface area (Å²) in [4.78, 5) is 20.8. The van der Waals surface area contributed by atoms with Crippen LogP contribution in [-0.2, 0) is 19.1 Å². The minimum Gasteiger partial charge on any atom is -0.466 e. The largest absolute Gasteiger partial charge is 0.466 e. The second kappa shape index (κ2) is 19.4. The minimum atomic E-state index is -0.359. The van der Waals surface area contributed by atoms with Gasteiger partial charge in [-0.2, -0.15) is 0 Å². The molecular weight excluding hydrogens is 344 g/mol. The van der Waals surface area contributed by atoms with Crippen molar-refractivity contribution in [3.05, 3.63) is 12.7 Å². The molecule has 3 N–H and O–H groups in total. The topological polar surface area (TPSA) is 90.6 Å². The van der Waals surface area contributed by atoms with E-state index in [-0.39, 0.29) is 17.9 Å². The van der Waals surface area contributed by atoms with Gasteiger partial charge in [0.15, 0.2) is 0 Å². The van der Waals surface area contributed by atoms with Crippen molar-refractivity contribution in [2.75, 3.05) is 33.4 Å². The van der Waals surface area contributed by atoms with E-state index in [2.05, 4.69) is 16.6 Å². The van der Waals surface area contributed by atoms with Crippen LogP contribution < -0.4 is 11.1 Å². The molecule has 0 aliphatic heterocycles. The molecule has 160 valence electrons. The minimum absolute atomic E-state index is 0.0601. The lowest BCUT2D eigenvalue weighted by atomic mass is 9.81. The highest BCUT2D eigenvalue weighted by Crippen LogP contribution is 2.27. The summed E-state index contributed by atoms with van der Waals surface area (Å²) in [6.45, 7) is 13.6. The lowest BCUT2D eigenvalue weighted by Gasteiger charge is -2.27. The smallest absolute Gasteiger partial charge is 0.330 e. The molecule has 1 fully saturated rings. The maximum atomic E-state index is 10.8. The van der Waals surface area contributed by atoms with Gasteiger partial charge in [0.1, 0.15) is 0 Å². The van der Waals surface area contributed by atoms with Crippen molar-refractivity contribution in [3.63, 3.8) is 0 Å². The van der Waals surface area contributed by atoms with Gasteiger partial charge in [-0.25, -0.2) is 4.79 Å². The number of hydrogen-bond donors (Lipinski definition) is 2. The molecular formula is C21H42N2O4. The number of carbonyl (C=O) groups excluding carboxylic acids is 2. The number of nitrogens with two attached hydrogens (primary N) is 1. The number of ether oxygens (including phenoxy) is 2. The monoisotopic (exact) mass is 386 g/mol. The lowest BCUT2D eigenvalue weighted by Crippen LogP contribution is -2.28. The third-order valence-corrected chi connectivity index (χ3v) is 4.47. The molecule has 0 aromatic heterocycles. The number of rotatable bonds is 8. The molecule has 1 saturated carbocycles.